The molecule has 0 saturated carbocycles. The standard InChI is InChI=1S/C3HN2.CH9N5.CH8N4.CH7N3/c1-2-5-3-4;2-1(5-3)6-4;2-1(3)5-4;2-1(3)4/h1H;1,5-6H,2-4H2;1,5H,2-4H2;1H,2-4H2/q-1;;;. The summed E-state index contributed by atoms with van der Waals surface area (Å²) in [7, 11) is 0. The van der Waals surface area contributed by atoms with Gasteiger partial charge < -0.3 is 44.8 Å². The van der Waals surface area contributed by atoms with Crippen molar-refractivity contribution >= 4 is 6.01 Å². The van der Waals surface area contributed by atoms with Gasteiger partial charge in [0.05, 0.1) is 0 Å². The van der Waals surface area contributed by atoms with Crippen LogP contribution in [-0.4, -0.2) is 24.9 Å². The molecule has 21 N–H and O–H groups in total. The second-order valence-electron chi connectivity index (χ2n) is 2.42. The Morgan fingerprint density at radius 2 is 1.20 bits per heavy atom. The van der Waals surface area contributed by atoms with Gasteiger partial charge in [0.2, 0.25) is 0 Å². The minimum absolute atomic E-state index is 0.509. The van der Waals surface area contributed by atoms with E-state index in [-0.39, 0.29) is 0 Å². The van der Waals surface area contributed by atoms with E-state index in [1.165, 1.54) is 6.01 Å². The zero-order valence-corrected chi connectivity index (χ0v) is 10.9. The van der Waals surface area contributed by atoms with Crippen LogP contribution in [0.4, 0.5) is 0 Å². The van der Waals surface area contributed by atoms with E-state index in [4.69, 9.17) is 34.3 Å². The summed E-state index contributed by atoms with van der Waals surface area (Å²) in [6, 6.07) is 3.19. The van der Waals surface area contributed by atoms with Gasteiger partial charge in [-0.3, -0.25) is 17.5 Å². The van der Waals surface area contributed by atoms with Gasteiger partial charge in [-0.2, -0.15) is 0 Å². The first kappa shape index (κ1) is 26.9. The molecule has 0 fully saturated rings. The van der Waals surface area contributed by atoms with E-state index in [2.05, 4.69) is 50.7 Å². The zero-order valence-electron chi connectivity index (χ0n) is 10.9. The number of nitrogens with two attached hydrogens (primary N) is 9. The molecule has 14 nitrogen and oxygen atoms in total. The molecule has 0 aromatic heterocycles. The Balaban J connectivity index is -0.0000000862. The SMILES string of the molecule is C#CN=C=[N-].NC(N)N.NNC(N)N.NNC(N)NN. The molecular weight excluding hydrogens is 268 g/mol. The van der Waals surface area contributed by atoms with E-state index in [1.54, 1.807) is 6.04 Å². The lowest BCUT2D eigenvalue weighted by Gasteiger charge is -2.04. The third-order valence-electron chi connectivity index (χ3n) is 0.666. The maximum absolute atomic E-state index is 7.51. The number of rotatable bonds is 3. The first-order chi connectivity index (χ1) is 9.22. The van der Waals surface area contributed by atoms with Gasteiger partial charge in [0.25, 0.3) is 0 Å². The van der Waals surface area contributed by atoms with Gasteiger partial charge in [-0.15, -0.1) is 12.4 Å². The minimum atomic E-state index is -0.667. The molecule has 120 valence electrons. The number of hydrogen-bond acceptors (Lipinski definition) is 13. The summed E-state index contributed by atoms with van der Waals surface area (Å²) in [5, 5.41) is 7.51. The maximum atomic E-state index is 7.51. The number of nitrogens with zero attached hydrogens (tertiary/aromatic N) is 2. The van der Waals surface area contributed by atoms with Crippen LogP contribution in [0.5, 0.6) is 0 Å². The van der Waals surface area contributed by atoms with E-state index < -0.39 is 18.9 Å². The average Bonchev–Trinajstić information content (AvgIpc) is 2.39. The number of hydrogen-bond donors (Lipinski definition) is 12. The van der Waals surface area contributed by atoms with Gasteiger partial charge in [0.15, 0.2) is 0 Å². The van der Waals surface area contributed by atoms with Crippen molar-refractivity contribution < 1.29 is 0 Å². The second kappa shape index (κ2) is 26.1. The van der Waals surface area contributed by atoms with Crippen LogP contribution in [0.3, 0.4) is 0 Å². The van der Waals surface area contributed by atoms with Crippen molar-refractivity contribution in [1.82, 2.24) is 16.3 Å². The largest absolute Gasteiger partial charge is 0.422 e. The number of aliphatic imine (C=N–C) groups is 1. The van der Waals surface area contributed by atoms with Gasteiger partial charge in [-0.25, -0.2) is 16.3 Å². The number of terminal acetylenes is 1. The first-order valence-corrected chi connectivity index (χ1v) is 4.69. The van der Waals surface area contributed by atoms with E-state index in [1.807, 2.05) is 0 Å². The molecule has 0 aromatic carbocycles. The summed E-state index contributed by atoms with van der Waals surface area (Å²) in [6.45, 7) is 0. The van der Waals surface area contributed by atoms with Crippen molar-refractivity contribution in [2.24, 2.45) is 56.9 Å². The van der Waals surface area contributed by atoms with E-state index >= 15 is 0 Å². The Hall–Kier alpha value is -1.54. The summed E-state index contributed by atoms with van der Waals surface area (Å²) in [4.78, 5) is 2.81. The fraction of sp³-hybridized carbons (Fsp3) is 0.500. The fourth-order valence-corrected chi connectivity index (χ4v) is 0.0770. The smallest absolute Gasteiger partial charge is 0.134 e. The summed E-state index contributed by atoms with van der Waals surface area (Å²) < 4.78 is 0. The monoisotopic (exact) mass is 293 g/mol. The molecule has 14 heteroatoms. The van der Waals surface area contributed by atoms with Crippen LogP contribution >= 0.6 is 0 Å². The van der Waals surface area contributed by atoms with Crippen LogP contribution in [0.25, 0.3) is 5.41 Å². The lowest BCUT2D eigenvalue weighted by atomic mass is 11.0. The predicted molar refractivity (Wildman–Crippen MR) is 78.1 cm³/mol. The van der Waals surface area contributed by atoms with Crippen molar-refractivity contribution in [3.05, 3.63) is 5.41 Å². The van der Waals surface area contributed by atoms with Gasteiger partial charge >= 0.3 is 0 Å². The highest BCUT2D eigenvalue weighted by Gasteiger charge is 1.85. The van der Waals surface area contributed by atoms with Crippen LogP contribution in [-0.2, 0) is 0 Å². The normalized spacial score (nSPS) is 8.15. The van der Waals surface area contributed by atoms with Crippen molar-refractivity contribution in [1.29, 1.82) is 0 Å². The molecule has 0 rings (SSSR count). The number of nitrogens with one attached hydrogen (secondary N) is 3. The average molecular weight is 293 g/mol. The third-order valence-corrected chi connectivity index (χ3v) is 0.666. The Labute approximate surface area is 117 Å². The molecule has 0 aromatic rings. The topological polar surface area (TPSA) is 305 Å². The summed E-state index contributed by atoms with van der Waals surface area (Å²) in [5.41, 5.74) is 35.1. The first-order valence-electron chi connectivity index (χ1n) is 4.69. The number of hydrazine groups is 3. The Bertz CT molecular complexity index is 232. The molecule has 0 unspecified atom stereocenters. The van der Waals surface area contributed by atoms with Crippen molar-refractivity contribution in [2.75, 3.05) is 0 Å². The Morgan fingerprint density at radius 1 is 0.900 bits per heavy atom. The molecule has 20 heavy (non-hydrogen) atoms. The van der Waals surface area contributed by atoms with E-state index in [0.29, 0.717) is 0 Å². The van der Waals surface area contributed by atoms with Gasteiger partial charge in [0, 0.05) is 0 Å². The molecule has 0 amide bonds. The van der Waals surface area contributed by atoms with Crippen molar-refractivity contribution in [3.8, 4) is 12.5 Å². The van der Waals surface area contributed by atoms with Crippen molar-refractivity contribution in [3.63, 3.8) is 0 Å². The summed E-state index contributed by atoms with van der Waals surface area (Å²) >= 11 is 0. The zero-order chi connectivity index (χ0) is 17.0. The molecule has 0 atom stereocenters. The van der Waals surface area contributed by atoms with Gasteiger partial charge in [-0.05, 0) is 0 Å². The molecule has 0 radical (unpaired) electrons. The van der Waals surface area contributed by atoms with Crippen molar-refractivity contribution in [2.45, 2.75) is 18.9 Å². The quantitative estimate of drug-likeness (QED) is 0.0758. The molecule has 0 spiro atoms. The third kappa shape index (κ3) is 94.3. The van der Waals surface area contributed by atoms with Crippen LogP contribution in [0.15, 0.2) is 4.99 Å². The molecule has 0 aliphatic carbocycles. The Morgan fingerprint density at radius 3 is 1.20 bits per heavy atom. The molecular formula is C6H25N14-. The summed E-state index contributed by atoms with van der Waals surface area (Å²) in [5.74, 6) is 14.2. The highest BCUT2D eigenvalue weighted by molar-refractivity contribution is 5.46. The van der Waals surface area contributed by atoms with Crippen LogP contribution < -0.4 is 68.2 Å². The fourth-order valence-electron chi connectivity index (χ4n) is 0.0770. The van der Waals surface area contributed by atoms with Crippen LogP contribution in [0.2, 0.25) is 0 Å². The van der Waals surface area contributed by atoms with Crippen LogP contribution in [0.1, 0.15) is 0 Å². The molecule has 0 heterocycles. The highest BCUT2D eigenvalue weighted by Crippen LogP contribution is 1.43. The molecule has 0 saturated heterocycles. The highest BCUT2D eigenvalue weighted by atomic mass is 15.4. The second-order valence-corrected chi connectivity index (χ2v) is 2.42. The predicted octanol–water partition coefficient (Wildman–Crippen LogP) is -6.73. The van der Waals surface area contributed by atoms with E-state index in [0.717, 1.165) is 0 Å². The van der Waals surface area contributed by atoms with Gasteiger partial charge in [0.1, 0.15) is 18.9 Å². The minimum Gasteiger partial charge on any atom is -0.422 e. The summed E-state index contributed by atoms with van der Waals surface area (Å²) in [6.07, 6.45) is 2.74. The molecule has 0 aliphatic heterocycles. The van der Waals surface area contributed by atoms with E-state index in [9.17, 15) is 0 Å². The lowest BCUT2D eigenvalue weighted by Crippen LogP contribution is -2.55. The Kier molecular flexibility index (Phi) is 35.1. The maximum Gasteiger partial charge on any atom is 0.134 e. The van der Waals surface area contributed by atoms with Gasteiger partial charge in [-0.1, -0.05) is 6.04 Å². The molecule has 0 aliphatic rings. The van der Waals surface area contributed by atoms with Crippen LogP contribution in [0, 0.1) is 12.5 Å². The lowest BCUT2D eigenvalue weighted by molar-refractivity contribution is 0.458. The molecule has 0 bridgehead atoms.